The number of carbonyl (C=O) groups is 1. The Bertz CT molecular complexity index is 922. The lowest BCUT2D eigenvalue weighted by molar-refractivity contribution is -0.114. The Morgan fingerprint density at radius 2 is 1.66 bits per heavy atom. The molecule has 8 heteroatoms. The van der Waals surface area contributed by atoms with E-state index in [1.807, 2.05) is 56.1 Å². The first-order valence-electron chi connectivity index (χ1n) is 9.57. The number of nitrogens with zero attached hydrogens (tertiary/aromatic N) is 2. The predicted molar refractivity (Wildman–Crippen MR) is 114 cm³/mol. The molecule has 7 nitrogen and oxygen atoms in total. The van der Waals surface area contributed by atoms with E-state index in [4.69, 9.17) is 4.74 Å². The van der Waals surface area contributed by atoms with Gasteiger partial charge in [0, 0.05) is 31.5 Å². The minimum absolute atomic E-state index is 0.145. The molecule has 0 radical (unpaired) electrons. The van der Waals surface area contributed by atoms with Crippen molar-refractivity contribution >= 4 is 27.3 Å². The number of sulfonamides is 1. The van der Waals surface area contributed by atoms with Crippen LogP contribution in [0.3, 0.4) is 0 Å². The smallest absolute Gasteiger partial charge is 0.243 e. The van der Waals surface area contributed by atoms with Gasteiger partial charge in [0.15, 0.2) is 0 Å². The number of carbonyl (C=O) groups excluding carboxylic acids is 1. The topological polar surface area (TPSA) is 79.0 Å². The number of hydrogen-bond donors (Lipinski definition) is 1. The van der Waals surface area contributed by atoms with Crippen LogP contribution in [0, 0.1) is 0 Å². The number of para-hydroxylation sites is 1. The Balaban J connectivity index is 1.63. The lowest BCUT2D eigenvalue weighted by atomic mass is 10.3. The van der Waals surface area contributed by atoms with Gasteiger partial charge < -0.3 is 15.0 Å². The SMILES string of the molecule is CC1CN(S(=O)(=O)c2ccc(NC(=O)CN(C)c3ccccc3)cc2)CC(C)O1. The number of hydrogen-bond acceptors (Lipinski definition) is 5. The van der Waals surface area contributed by atoms with Crippen molar-refractivity contribution in [2.24, 2.45) is 0 Å². The summed E-state index contributed by atoms with van der Waals surface area (Å²) in [7, 11) is -1.75. The summed E-state index contributed by atoms with van der Waals surface area (Å²) in [5.41, 5.74) is 1.50. The second-order valence-electron chi connectivity index (χ2n) is 7.34. The summed E-state index contributed by atoms with van der Waals surface area (Å²) >= 11 is 0. The van der Waals surface area contributed by atoms with Crippen molar-refractivity contribution in [3.05, 3.63) is 54.6 Å². The number of benzene rings is 2. The van der Waals surface area contributed by atoms with Crippen molar-refractivity contribution in [3.8, 4) is 0 Å². The van der Waals surface area contributed by atoms with E-state index >= 15 is 0 Å². The molecule has 156 valence electrons. The van der Waals surface area contributed by atoms with Crippen LogP contribution in [0.15, 0.2) is 59.5 Å². The maximum atomic E-state index is 12.9. The van der Waals surface area contributed by atoms with E-state index in [-0.39, 0.29) is 29.6 Å². The number of rotatable bonds is 6. The van der Waals surface area contributed by atoms with E-state index in [0.29, 0.717) is 18.8 Å². The minimum atomic E-state index is -3.60. The van der Waals surface area contributed by atoms with E-state index in [2.05, 4.69) is 5.32 Å². The second-order valence-corrected chi connectivity index (χ2v) is 9.28. The summed E-state index contributed by atoms with van der Waals surface area (Å²) in [6.07, 6.45) is -0.289. The molecule has 0 bridgehead atoms. The summed E-state index contributed by atoms with van der Waals surface area (Å²) in [4.78, 5) is 14.4. The zero-order valence-electron chi connectivity index (χ0n) is 16.9. The van der Waals surface area contributed by atoms with Gasteiger partial charge in [-0.2, -0.15) is 4.31 Å². The van der Waals surface area contributed by atoms with E-state index in [1.165, 1.54) is 16.4 Å². The highest BCUT2D eigenvalue weighted by molar-refractivity contribution is 7.89. The highest BCUT2D eigenvalue weighted by Gasteiger charge is 2.32. The van der Waals surface area contributed by atoms with Gasteiger partial charge in [-0.25, -0.2) is 8.42 Å². The van der Waals surface area contributed by atoms with Crippen LogP contribution in [0.1, 0.15) is 13.8 Å². The molecule has 29 heavy (non-hydrogen) atoms. The molecule has 1 amide bonds. The normalized spacial score (nSPS) is 20.2. The molecule has 1 aliphatic heterocycles. The maximum absolute atomic E-state index is 12.9. The molecule has 2 atom stereocenters. The van der Waals surface area contributed by atoms with Crippen molar-refractivity contribution in [3.63, 3.8) is 0 Å². The highest BCUT2D eigenvalue weighted by atomic mass is 32.2. The summed E-state index contributed by atoms with van der Waals surface area (Å²) in [5, 5.41) is 2.81. The van der Waals surface area contributed by atoms with Crippen LogP contribution in [0.4, 0.5) is 11.4 Å². The molecular weight excluding hydrogens is 390 g/mol. The molecule has 3 rings (SSSR count). The minimum Gasteiger partial charge on any atom is -0.373 e. The standard InChI is InChI=1S/C21H27N3O4S/c1-16-13-24(14-17(2)28-16)29(26,27)20-11-9-18(10-12-20)22-21(25)15-23(3)19-7-5-4-6-8-19/h4-12,16-17H,13-15H2,1-3H3,(H,22,25). The molecule has 1 heterocycles. The third kappa shape index (κ3) is 5.35. The molecule has 0 aromatic heterocycles. The Labute approximate surface area is 172 Å². The number of likely N-dealkylation sites (N-methyl/N-ethyl adjacent to an activating group) is 1. The Hall–Kier alpha value is -2.42. The molecular formula is C21H27N3O4S. The van der Waals surface area contributed by atoms with Crippen LogP contribution in [0.2, 0.25) is 0 Å². The Morgan fingerprint density at radius 1 is 1.07 bits per heavy atom. The first-order chi connectivity index (χ1) is 13.8. The molecule has 1 saturated heterocycles. The van der Waals surface area contributed by atoms with Crippen LogP contribution in [-0.2, 0) is 19.6 Å². The van der Waals surface area contributed by atoms with Crippen LogP contribution < -0.4 is 10.2 Å². The zero-order valence-corrected chi connectivity index (χ0v) is 17.7. The van der Waals surface area contributed by atoms with Gasteiger partial charge in [0.05, 0.1) is 23.6 Å². The Morgan fingerprint density at radius 3 is 2.24 bits per heavy atom. The van der Waals surface area contributed by atoms with E-state index < -0.39 is 10.0 Å². The van der Waals surface area contributed by atoms with Gasteiger partial charge in [-0.15, -0.1) is 0 Å². The number of anilines is 2. The summed E-state index contributed by atoms with van der Waals surface area (Å²) in [6.45, 7) is 4.58. The fourth-order valence-electron chi connectivity index (χ4n) is 3.38. The zero-order chi connectivity index (χ0) is 21.0. The fraction of sp³-hybridized carbons (Fsp3) is 0.381. The molecule has 1 fully saturated rings. The molecule has 2 aromatic rings. The van der Waals surface area contributed by atoms with Crippen molar-refractivity contribution in [1.82, 2.24) is 4.31 Å². The summed E-state index contributed by atoms with van der Waals surface area (Å²) in [5.74, 6) is -0.178. The van der Waals surface area contributed by atoms with Crippen LogP contribution in [0.25, 0.3) is 0 Å². The van der Waals surface area contributed by atoms with Crippen molar-refractivity contribution in [2.45, 2.75) is 31.0 Å². The predicted octanol–water partition coefficient (Wildman–Crippen LogP) is 2.56. The monoisotopic (exact) mass is 417 g/mol. The molecule has 0 aliphatic carbocycles. The number of morpholine rings is 1. The van der Waals surface area contributed by atoms with E-state index in [9.17, 15) is 13.2 Å². The maximum Gasteiger partial charge on any atom is 0.243 e. The Kier molecular flexibility index (Phi) is 6.56. The second kappa shape index (κ2) is 8.94. The largest absolute Gasteiger partial charge is 0.373 e. The van der Waals surface area contributed by atoms with Crippen molar-refractivity contribution in [1.29, 1.82) is 0 Å². The van der Waals surface area contributed by atoms with Gasteiger partial charge in [0.25, 0.3) is 0 Å². The molecule has 1 aliphatic rings. The van der Waals surface area contributed by atoms with Crippen molar-refractivity contribution in [2.75, 3.05) is 36.9 Å². The van der Waals surface area contributed by atoms with Gasteiger partial charge in [-0.3, -0.25) is 4.79 Å². The number of ether oxygens (including phenoxy) is 1. The van der Waals surface area contributed by atoms with Gasteiger partial charge in [0.1, 0.15) is 0 Å². The van der Waals surface area contributed by atoms with E-state index in [1.54, 1.807) is 12.1 Å². The first-order valence-corrected chi connectivity index (χ1v) is 11.0. The highest BCUT2D eigenvalue weighted by Crippen LogP contribution is 2.22. The van der Waals surface area contributed by atoms with Crippen molar-refractivity contribution < 1.29 is 17.9 Å². The molecule has 2 aromatic carbocycles. The average molecular weight is 418 g/mol. The van der Waals surface area contributed by atoms with Gasteiger partial charge >= 0.3 is 0 Å². The number of amides is 1. The van der Waals surface area contributed by atoms with Crippen LogP contribution in [0.5, 0.6) is 0 Å². The summed E-state index contributed by atoms with van der Waals surface area (Å²) in [6, 6.07) is 15.9. The van der Waals surface area contributed by atoms with Gasteiger partial charge in [-0.1, -0.05) is 18.2 Å². The first kappa shape index (κ1) is 21.3. The summed E-state index contributed by atoms with van der Waals surface area (Å²) < 4.78 is 32.9. The average Bonchev–Trinajstić information content (AvgIpc) is 2.68. The molecule has 1 N–H and O–H groups in total. The third-order valence-corrected chi connectivity index (χ3v) is 6.59. The van der Waals surface area contributed by atoms with E-state index in [0.717, 1.165) is 5.69 Å². The quantitative estimate of drug-likeness (QED) is 0.782. The lowest BCUT2D eigenvalue weighted by Gasteiger charge is -2.34. The fourth-order valence-corrected chi connectivity index (χ4v) is 4.97. The van der Waals surface area contributed by atoms with Crippen LogP contribution >= 0.6 is 0 Å². The third-order valence-electron chi connectivity index (χ3n) is 4.74. The van der Waals surface area contributed by atoms with Gasteiger partial charge in [-0.05, 0) is 50.2 Å². The molecule has 0 spiro atoms. The number of nitrogens with one attached hydrogen (secondary N) is 1. The lowest BCUT2D eigenvalue weighted by Crippen LogP contribution is -2.48. The molecule has 0 saturated carbocycles. The van der Waals surface area contributed by atoms with Crippen LogP contribution in [-0.4, -0.2) is 57.5 Å². The molecule has 2 unspecified atom stereocenters. The van der Waals surface area contributed by atoms with Gasteiger partial charge in [0.2, 0.25) is 15.9 Å².